The largest absolute Gasteiger partial charge is 0.455 e. The summed E-state index contributed by atoms with van der Waals surface area (Å²) in [6, 6.07) is 7.58. The summed E-state index contributed by atoms with van der Waals surface area (Å²) >= 11 is 0. The van der Waals surface area contributed by atoms with E-state index in [-0.39, 0.29) is 18.0 Å². The molecule has 0 bridgehead atoms. The van der Waals surface area contributed by atoms with E-state index in [9.17, 15) is 27.2 Å². The molecule has 1 saturated heterocycles. The van der Waals surface area contributed by atoms with Crippen molar-refractivity contribution in [2.45, 2.75) is 32.5 Å². The lowest BCUT2D eigenvalue weighted by atomic mass is 9.97. The van der Waals surface area contributed by atoms with Gasteiger partial charge in [0.25, 0.3) is 11.7 Å². The fourth-order valence-electron chi connectivity index (χ4n) is 3.72. The molecule has 1 aliphatic rings. The molecule has 0 radical (unpaired) electrons. The summed E-state index contributed by atoms with van der Waals surface area (Å²) in [6.45, 7) is 2.02. The average molecular weight is 494 g/mol. The normalized spacial score (nSPS) is 14.8. The highest BCUT2D eigenvalue weighted by Gasteiger charge is 2.38. The van der Waals surface area contributed by atoms with E-state index in [1.807, 2.05) is 0 Å². The Hall–Kier alpha value is -3.77. The molecule has 3 aromatic rings. The summed E-state index contributed by atoms with van der Waals surface area (Å²) in [7, 11) is 0. The summed E-state index contributed by atoms with van der Waals surface area (Å²) in [6.07, 6.45) is -3.92. The first kappa shape index (κ1) is 24.4. The van der Waals surface area contributed by atoms with Gasteiger partial charge in [-0.2, -0.15) is 17.7 Å². The fourth-order valence-corrected chi connectivity index (χ4v) is 3.72. The van der Waals surface area contributed by atoms with Crippen LogP contribution in [-0.2, 0) is 27.0 Å². The Morgan fingerprint density at radius 2 is 1.89 bits per heavy atom. The van der Waals surface area contributed by atoms with Crippen LogP contribution in [0.5, 0.6) is 0 Å². The molecule has 35 heavy (non-hydrogen) atoms. The molecule has 9 nitrogen and oxygen atoms in total. The second kappa shape index (κ2) is 9.84. The van der Waals surface area contributed by atoms with Gasteiger partial charge in [-0.05, 0) is 49.1 Å². The van der Waals surface area contributed by atoms with Gasteiger partial charge in [0.05, 0.1) is 5.92 Å². The molecule has 0 unspecified atom stereocenters. The summed E-state index contributed by atoms with van der Waals surface area (Å²) < 4.78 is 58.6. The molecule has 13 heteroatoms. The molecule has 4 rings (SSSR count). The van der Waals surface area contributed by atoms with Crippen LogP contribution in [0.2, 0.25) is 0 Å². The van der Waals surface area contributed by atoms with E-state index in [4.69, 9.17) is 4.74 Å². The van der Waals surface area contributed by atoms with Gasteiger partial charge >= 0.3 is 12.1 Å². The van der Waals surface area contributed by atoms with Crippen LogP contribution >= 0.6 is 0 Å². The zero-order chi connectivity index (χ0) is 25.2. The molecule has 0 spiro atoms. The molecule has 186 valence electrons. The van der Waals surface area contributed by atoms with E-state index >= 15 is 0 Å². The topological polar surface area (TPSA) is 102 Å². The highest BCUT2D eigenvalue weighted by atomic mass is 19.4. The summed E-state index contributed by atoms with van der Waals surface area (Å²) in [5.74, 6) is -2.76. The molecule has 2 aromatic heterocycles. The summed E-state index contributed by atoms with van der Waals surface area (Å²) in [5.41, 5.74) is 1.06. The molecule has 1 aromatic carbocycles. The number of anilines is 1. The maximum Gasteiger partial charge on any atom is 0.453 e. The first-order valence-corrected chi connectivity index (χ1v) is 10.8. The van der Waals surface area contributed by atoms with Crippen LogP contribution in [0.15, 0.2) is 30.3 Å². The number of hydrogen-bond donors (Lipinski definition) is 1. The number of aryl methyl sites for hydroxylation is 1. The lowest BCUT2D eigenvalue weighted by molar-refractivity contribution is -0.153. The Bertz CT molecular complexity index is 1240. The molecular formula is C22H22F4N6O3. The second-order valence-corrected chi connectivity index (χ2v) is 8.21. The number of fused-ring (bicyclic) bond motifs is 1. The first-order chi connectivity index (χ1) is 16.6. The Kier molecular flexibility index (Phi) is 6.85. The highest BCUT2D eigenvalue weighted by molar-refractivity contribution is 5.81. The molecule has 0 aliphatic carbocycles. The average Bonchev–Trinajstić information content (AvgIpc) is 3.27. The minimum Gasteiger partial charge on any atom is -0.455 e. The van der Waals surface area contributed by atoms with E-state index in [0.29, 0.717) is 47.4 Å². The number of hydrogen-bond acceptors (Lipinski definition) is 7. The highest BCUT2D eigenvalue weighted by Crippen LogP contribution is 2.28. The van der Waals surface area contributed by atoms with E-state index in [1.165, 1.54) is 12.1 Å². The third-order valence-corrected chi connectivity index (χ3v) is 5.73. The van der Waals surface area contributed by atoms with Crippen LogP contribution in [0.4, 0.5) is 23.4 Å². The number of alkyl halides is 3. The summed E-state index contributed by atoms with van der Waals surface area (Å²) in [4.78, 5) is 26.1. The van der Waals surface area contributed by atoms with E-state index in [0.717, 1.165) is 0 Å². The molecule has 0 atom stereocenters. The first-order valence-electron chi connectivity index (χ1n) is 10.8. The molecule has 3 heterocycles. The van der Waals surface area contributed by atoms with Gasteiger partial charge < -0.3 is 15.0 Å². The number of carbonyl (C=O) groups is 2. The third-order valence-electron chi connectivity index (χ3n) is 5.73. The van der Waals surface area contributed by atoms with E-state index in [1.54, 1.807) is 30.0 Å². The van der Waals surface area contributed by atoms with Gasteiger partial charge in [-0.15, -0.1) is 15.3 Å². The van der Waals surface area contributed by atoms with Crippen LogP contribution in [0.3, 0.4) is 0 Å². The Morgan fingerprint density at radius 3 is 2.57 bits per heavy atom. The molecule has 1 fully saturated rings. The van der Waals surface area contributed by atoms with Crippen molar-refractivity contribution < 1.29 is 31.9 Å². The minimum absolute atomic E-state index is 0.0228. The van der Waals surface area contributed by atoms with Crippen LogP contribution in [0.1, 0.15) is 29.8 Å². The summed E-state index contributed by atoms with van der Waals surface area (Å²) in [5, 5.41) is 13.2. The number of rotatable bonds is 6. The van der Waals surface area contributed by atoms with Crippen LogP contribution in [0.25, 0.3) is 5.65 Å². The van der Waals surface area contributed by atoms with Crippen molar-refractivity contribution in [3.05, 3.63) is 53.1 Å². The number of nitrogens with zero attached hydrogens (tertiary/aromatic N) is 5. The van der Waals surface area contributed by atoms with Crippen molar-refractivity contribution in [2.24, 2.45) is 5.92 Å². The quantitative estimate of drug-likeness (QED) is 0.415. The Labute approximate surface area is 197 Å². The van der Waals surface area contributed by atoms with E-state index < -0.39 is 36.4 Å². The van der Waals surface area contributed by atoms with Gasteiger partial charge in [0.2, 0.25) is 0 Å². The van der Waals surface area contributed by atoms with Crippen molar-refractivity contribution in [2.75, 3.05) is 24.6 Å². The number of esters is 1. The maximum atomic E-state index is 13.6. The molecule has 0 saturated carbocycles. The van der Waals surface area contributed by atoms with Gasteiger partial charge in [0.15, 0.2) is 12.3 Å². The van der Waals surface area contributed by atoms with Crippen molar-refractivity contribution in [3.63, 3.8) is 0 Å². The number of halogens is 4. The molecular weight excluding hydrogens is 472 g/mol. The number of benzene rings is 1. The Morgan fingerprint density at radius 1 is 1.14 bits per heavy atom. The van der Waals surface area contributed by atoms with E-state index in [2.05, 4.69) is 20.6 Å². The fraction of sp³-hybridized carbons (Fsp3) is 0.409. The van der Waals surface area contributed by atoms with Crippen LogP contribution in [0, 0.1) is 18.7 Å². The minimum atomic E-state index is -4.69. The number of ether oxygens (including phenoxy) is 1. The lowest BCUT2D eigenvalue weighted by Crippen LogP contribution is -2.38. The lowest BCUT2D eigenvalue weighted by Gasteiger charge is -2.31. The van der Waals surface area contributed by atoms with Crippen LogP contribution in [-0.4, -0.2) is 51.4 Å². The molecule has 1 aliphatic heterocycles. The van der Waals surface area contributed by atoms with Crippen LogP contribution < -0.4 is 10.2 Å². The van der Waals surface area contributed by atoms with Gasteiger partial charge in [0.1, 0.15) is 11.6 Å². The predicted octanol–water partition coefficient (Wildman–Crippen LogP) is 2.67. The van der Waals surface area contributed by atoms with Gasteiger partial charge in [0, 0.05) is 19.6 Å². The van der Waals surface area contributed by atoms with Gasteiger partial charge in [-0.1, -0.05) is 12.1 Å². The number of nitrogens with one attached hydrogen (secondary N) is 1. The Balaban J connectivity index is 1.26. The predicted molar refractivity (Wildman–Crippen MR) is 115 cm³/mol. The van der Waals surface area contributed by atoms with Crippen molar-refractivity contribution >= 4 is 23.3 Å². The SMILES string of the molecule is Cc1ccc(CNC(=O)COC(=O)C2CCN(c3ccc4nnc(C(F)(F)F)n4n3)CC2)cc1F. The maximum absolute atomic E-state index is 13.6. The smallest absolute Gasteiger partial charge is 0.453 e. The number of piperidine rings is 1. The zero-order valence-corrected chi connectivity index (χ0v) is 18.7. The second-order valence-electron chi connectivity index (χ2n) is 8.21. The van der Waals surface area contributed by atoms with Gasteiger partial charge in [-0.25, -0.2) is 4.39 Å². The molecule has 1 amide bonds. The van der Waals surface area contributed by atoms with Gasteiger partial charge in [-0.3, -0.25) is 9.59 Å². The molecule has 1 N–H and O–H groups in total. The number of aromatic nitrogens is 4. The monoisotopic (exact) mass is 494 g/mol. The zero-order valence-electron chi connectivity index (χ0n) is 18.7. The van der Waals surface area contributed by atoms with Crippen molar-refractivity contribution in [1.82, 2.24) is 25.1 Å². The third kappa shape index (κ3) is 5.66. The van der Waals surface area contributed by atoms with Crippen molar-refractivity contribution in [1.29, 1.82) is 0 Å². The standard InChI is InChI=1S/C22H22F4N6O3/c1-13-2-3-14(10-16(13)23)11-27-19(33)12-35-20(34)15-6-8-31(9-7-15)18-5-4-17-28-29-21(22(24,25)26)32(17)30-18/h2-5,10,15H,6-9,11-12H2,1H3,(H,27,33). The number of amides is 1. The number of carbonyl (C=O) groups excluding carboxylic acids is 2. The van der Waals surface area contributed by atoms with Crippen molar-refractivity contribution in [3.8, 4) is 0 Å².